The Labute approximate surface area is 123 Å². The molecule has 0 spiro atoms. The Morgan fingerprint density at radius 2 is 1.95 bits per heavy atom. The molecule has 98 valence electrons. The maximum Gasteiger partial charge on any atom is 0.256 e. The topological polar surface area (TPSA) is 80.9 Å². The number of anilines is 2. The van der Waals surface area contributed by atoms with E-state index in [-0.39, 0.29) is 16.0 Å². The number of carbonyl (C=O) groups is 1. The highest BCUT2D eigenvalue weighted by Gasteiger charge is 2.13. The van der Waals surface area contributed by atoms with Crippen molar-refractivity contribution in [2.24, 2.45) is 0 Å². The van der Waals surface area contributed by atoms with Crippen molar-refractivity contribution in [3.05, 3.63) is 45.3 Å². The Morgan fingerprint density at radius 1 is 1.21 bits per heavy atom. The van der Waals surface area contributed by atoms with Crippen molar-refractivity contribution in [2.75, 3.05) is 11.1 Å². The number of nitrogen functional groups attached to an aromatic ring is 1. The number of halogens is 3. The first-order valence-electron chi connectivity index (χ1n) is 5.01. The summed E-state index contributed by atoms with van der Waals surface area (Å²) in [5.74, 6) is -0.305. The second-order valence-electron chi connectivity index (χ2n) is 3.52. The van der Waals surface area contributed by atoms with Crippen LogP contribution in [-0.2, 0) is 0 Å². The van der Waals surface area contributed by atoms with E-state index in [1.807, 2.05) is 0 Å². The van der Waals surface area contributed by atoms with Gasteiger partial charge in [-0.15, -0.1) is 0 Å². The van der Waals surface area contributed by atoms with Gasteiger partial charge in [-0.2, -0.15) is 0 Å². The summed E-state index contributed by atoms with van der Waals surface area (Å²) in [4.78, 5) is 19.5. The van der Waals surface area contributed by atoms with E-state index in [1.54, 1.807) is 0 Å². The van der Waals surface area contributed by atoms with Crippen LogP contribution in [0.3, 0.4) is 0 Å². The Balaban J connectivity index is 2.26. The SMILES string of the molecule is Nc1cc(C(=O)Nc2ncnc(Cl)c2Cl)ccc1Cl. The summed E-state index contributed by atoms with van der Waals surface area (Å²) in [6.45, 7) is 0. The Kier molecular flexibility index (Phi) is 4.09. The largest absolute Gasteiger partial charge is 0.398 e. The molecule has 0 radical (unpaired) electrons. The van der Waals surface area contributed by atoms with Crippen molar-refractivity contribution in [1.82, 2.24) is 9.97 Å². The minimum Gasteiger partial charge on any atom is -0.398 e. The second-order valence-corrected chi connectivity index (χ2v) is 4.66. The fourth-order valence-corrected chi connectivity index (χ4v) is 1.70. The van der Waals surface area contributed by atoms with E-state index >= 15 is 0 Å². The molecule has 1 aromatic heterocycles. The van der Waals surface area contributed by atoms with Crippen LogP contribution < -0.4 is 11.1 Å². The molecule has 0 aliphatic rings. The van der Waals surface area contributed by atoms with Gasteiger partial charge in [-0.25, -0.2) is 9.97 Å². The molecule has 0 bridgehead atoms. The zero-order chi connectivity index (χ0) is 14.0. The monoisotopic (exact) mass is 316 g/mol. The predicted molar refractivity (Wildman–Crippen MR) is 75.9 cm³/mol. The number of carbonyl (C=O) groups excluding carboxylic acids is 1. The molecule has 0 fully saturated rings. The van der Waals surface area contributed by atoms with Crippen molar-refractivity contribution in [2.45, 2.75) is 0 Å². The number of aromatic nitrogens is 2. The molecular formula is C11H7Cl3N4O. The molecule has 0 saturated heterocycles. The molecule has 2 aromatic rings. The molecular weight excluding hydrogens is 311 g/mol. The molecule has 0 aliphatic heterocycles. The van der Waals surface area contributed by atoms with Crippen LogP contribution in [0.15, 0.2) is 24.5 Å². The van der Waals surface area contributed by atoms with Gasteiger partial charge < -0.3 is 11.1 Å². The van der Waals surface area contributed by atoms with Crippen LogP contribution in [0.2, 0.25) is 15.2 Å². The van der Waals surface area contributed by atoms with E-state index < -0.39 is 5.91 Å². The summed E-state index contributed by atoms with van der Waals surface area (Å²) in [5.41, 5.74) is 6.25. The smallest absolute Gasteiger partial charge is 0.256 e. The first-order chi connectivity index (χ1) is 8.99. The Bertz CT molecular complexity index is 648. The number of nitrogens with one attached hydrogen (secondary N) is 1. The molecule has 1 aromatic carbocycles. The zero-order valence-electron chi connectivity index (χ0n) is 9.32. The van der Waals surface area contributed by atoms with Crippen LogP contribution >= 0.6 is 34.8 Å². The lowest BCUT2D eigenvalue weighted by molar-refractivity contribution is 0.102. The number of rotatable bonds is 2. The number of nitrogens with two attached hydrogens (primary N) is 1. The number of benzene rings is 1. The van der Waals surface area contributed by atoms with E-state index in [2.05, 4.69) is 15.3 Å². The fraction of sp³-hybridized carbons (Fsp3) is 0. The standard InChI is InChI=1S/C11H7Cl3N4O/c12-6-2-1-5(3-7(6)15)11(19)18-10-8(13)9(14)16-4-17-10/h1-4H,15H2,(H,16,17,18,19). The van der Waals surface area contributed by atoms with E-state index in [0.29, 0.717) is 16.3 Å². The van der Waals surface area contributed by atoms with Gasteiger partial charge >= 0.3 is 0 Å². The maximum absolute atomic E-state index is 12.0. The van der Waals surface area contributed by atoms with Crippen molar-refractivity contribution in [3.8, 4) is 0 Å². The lowest BCUT2D eigenvalue weighted by Gasteiger charge is -2.07. The maximum atomic E-state index is 12.0. The molecule has 1 heterocycles. The molecule has 3 N–H and O–H groups in total. The number of amides is 1. The summed E-state index contributed by atoms with van der Waals surface area (Å²) in [7, 11) is 0. The van der Waals surface area contributed by atoms with E-state index in [1.165, 1.54) is 24.5 Å². The Morgan fingerprint density at radius 3 is 2.63 bits per heavy atom. The van der Waals surface area contributed by atoms with E-state index in [0.717, 1.165) is 0 Å². The van der Waals surface area contributed by atoms with Gasteiger partial charge in [0.25, 0.3) is 5.91 Å². The van der Waals surface area contributed by atoms with Crippen molar-refractivity contribution < 1.29 is 4.79 Å². The lowest BCUT2D eigenvalue weighted by atomic mass is 10.2. The van der Waals surface area contributed by atoms with Crippen molar-refractivity contribution >= 4 is 52.2 Å². The summed E-state index contributed by atoms with van der Waals surface area (Å²) in [6, 6.07) is 4.51. The third kappa shape index (κ3) is 3.07. The zero-order valence-corrected chi connectivity index (χ0v) is 11.6. The van der Waals surface area contributed by atoms with Gasteiger partial charge in [0.2, 0.25) is 0 Å². The molecule has 0 atom stereocenters. The highest BCUT2D eigenvalue weighted by atomic mass is 35.5. The molecule has 19 heavy (non-hydrogen) atoms. The molecule has 0 saturated carbocycles. The van der Waals surface area contributed by atoms with Gasteiger partial charge in [-0.1, -0.05) is 34.8 Å². The molecule has 0 unspecified atom stereocenters. The molecule has 5 nitrogen and oxygen atoms in total. The highest BCUT2D eigenvalue weighted by Crippen LogP contribution is 2.26. The number of nitrogens with zero attached hydrogens (tertiary/aromatic N) is 2. The molecule has 1 amide bonds. The van der Waals surface area contributed by atoms with Crippen LogP contribution in [0.4, 0.5) is 11.5 Å². The summed E-state index contributed by atoms with van der Waals surface area (Å²) in [5, 5.41) is 3.01. The quantitative estimate of drug-likeness (QED) is 0.658. The normalized spacial score (nSPS) is 10.3. The lowest BCUT2D eigenvalue weighted by Crippen LogP contribution is -2.14. The van der Waals surface area contributed by atoms with Gasteiger partial charge in [-0.3, -0.25) is 4.79 Å². The van der Waals surface area contributed by atoms with Gasteiger partial charge in [0.05, 0.1) is 10.7 Å². The van der Waals surface area contributed by atoms with Crippen LogP contribution in [0.1, 0.15) is 10.4 Å². The summed E-state index contributed by atoms with van der Waals surface area (Å²) in [6.07, 6.45) is 1.19. The fourth-order valence-electron chi connectivity index (χ4n) is 1.30. The van der Waals surface area contributed by atoms with Crippen molar-refractivity contribution in [1.29, 1.82) is 0 Å². The summed E-state index contributed by atoms with van der Waals surface area (Å²) < 4.78 is 0. The molecule has 8 heteroatoms. The first-order valence-corrected chi connectivity index (χ1v) is 6.15. The highest BCUT2D eigenvalue weighted by molar-refractivity contribution is 6.43. The van der Waals surface area contributed by atoms with Crippen LogP contribution in [-0.4, -0.2) is 15.9 Å². The van der Waals surface area contributed by atoms with E-state index in [9.17, 15) is 4.79 Å². The van der Waals surface area contributed by atoms with Gasteiger partial charge in [-0.05, 0) is 18.2 Å². The average molecular weight is 318 g/mol. The van der Waals surface area contributed by atoms with Crippen LogP contribution in [0, 0.1) is 0 Å². The minimum atomic E-state index is -0.431. The predicted octanol–water partition coefficient (Wildman–Crippen LogP) is 3.27. The number of hydrogen-bond donors (Lipinski definition) is 2. The average Bonchev–Trinajstić information content (AvgIpc) is 2.38. The summed E-state index contributed by atoms with van der Waals surface area (Å²) >= 11 is 17.4. The Hall–Kier alpha value is -1.56. The molecule has 0 aliphatic carbocycles. The van der Waals surface area contributed by atoms with Crippen molar-refractivity contribution in [3.63, 3.8) is 0 Å². The molecule has 2 rings (SSSR count). The van der Waals surface area contributed by atoms with Gasteiger partial charge in [0.1, 0.15) is 11.3 Å². The van der Waals surface area contributed by atoms with Gasteiger partial charge in [0.15, 0.2) is 11.0 Å². The van der Waals surface area contributed by atoms with Crippen LogP contribution in [0.5, 0.6) is 0 Å². The number of hydrogen-bond acceptors (Lipinski definition) is 4. The first kappa shape index (κ1) is 13.9. The van der Waals surface area contributed by atoms with Gasteiger partial charge in [0, 0.05) is 5.56 Å². The van der Waals surface area contributed by atoms with Crippen LogP contribution in [0.25, 0.3) is 0 Å². The third-order valence-electron chi connectivity index (χ3n) is 2.24. The van der Waals surface area contributed by atoms with E-state index in [4.69, 9.17) is 40.5 Å². The minimum absolute atomic E-state index is 0.0580. The second kappa shape index (κ2) is 5.61. The third-order valence-corrected chi connectivity index (χ3v) is 3.32.